The lowest BCUT2D eigenvalue weighted by atomic mass is 10.2. The van der Waals surface area contributed by atoms with E-state index in [1.807, 2.05) is 0 Å². The highest BCUT2D eigenvalue weighted by molar-refractivity contribution is 7.90. The lowest BCUT2D eigenvalue weighted by Gasteiger charge is -2.06. The van der Waals surface area contributed by atoms with Gasteiger partial charge in [0.1, 0.15) is 15.8 Å². The molecule has 0 bridgehead atoms. The van der Waals surface area contributed by atoms with Gasteiger partial charge in [-0.1, -0.05) is 0 Å². The van der Waals surface area contributed by atoms with Crippen LogP contribution in [0.25, 0.3) is 0 Å². The third kappa shape index (κ3) is 5.52. The van der Waals surface area contributed by atoms with Gasteiger partial charge in [-0.05, 0) is 6.92 Å². The monoisotopic (exact) mass is 223 g/mol. The number of hydrogen-bond donors (Lipinski definition) is 2. The zero-order chi connectivity index (χ0) is 11.4. The molecule has 0 aliphatic heterocycles. The zero-order valence-electron chi connectivity index (χ0n) is 7.98. The van der Waals surface area contributed by atoms with Gasteiger partial charge in [0.05, 0.1) is 5.75 Å². The Morgan fingerprint density at radius 3 is 2.29 bits per heavy atom. The van der Waals surface area contributed by atoms with Crippen molar-refractivity contribution in [1.82, 2.24) is 5.32 Å². The first-order valence-corrected chi connectivity index (χ1v) is 5.98. The van der Waals surface area contributed by atoms with Crippen LogP contribution in [0.5, 0.6) is 0 Å². The van der Waals surface area contributed by atoms with Crippen LogP contribution in [0.3, 0.4) is 0 Å². The standard InChI is InChI=1S/C7H13NO5S/c1-5(7(10)11)6(9)8-3-4-14(2,12)13/h5H,3-4H2,1-2H3,(H,8,9)(H,10,11). The molecule has 0 aromatic heterocycles. The Morgan fingerprint density at radius 2 is 1.93 bits per heavy atom. The minimum atomic E-state index is -3.13. The summed E-state index contributed by atoms with van der Waals surface area (Å²) in [5.74, 6) is -3.26. The molecule has 2 N–H and O–H groups in total. The number of sulfone groups is 1. The van der Waals surface area contributed by atoms with Gasteiger partial charge in [0.2, 0.25) is 5.91 Å². The van der Waals surface area contributed by atoms with Gasteiger partial charge in [-0.2, -0.15) is 0 Å². The molecule has 0 heterocycles. The van der Waals surface area contributed by atoms with E-state index < -0.39 is 27.6 Å². The third-order valence-electron chi connectivity index (χ3n) is 1.54. The van der Waals surface area contributed by atoms with E-state index in [-0.39, 0.29) is 12.3 Å². The second kappa shape index (κ2) is 4.94. The Hall–Kier alpha value is -1.11. The average Bonchev–Trinajstić information content (AvgIpc) is 2.00. The first kappa shape index (κ1) is 12.9. The number of nitrogens with one attached hydrogen (secondary N) is 1. The Kier molecular flexibility index (Phi) is 4.55. The normalized spacial score (nSPS) is 13.3. The van der Waals surface area contributed by atoms with Gasteiger partial charge in [0, 0.05) is 12.8 Å². The molecule has 0 spiro atoms. The molecule has 1 unspecified atom stereocenters. The van der Waals surface area contributed by atoms with E-state index in [2.05, 4.69) is 5.32 Å². The molecule has 0 fully saturated rings. The summed E-state index contributed by atoms with van der Waals surface area (Å²) in [6.07, 6.45) is 1.04. The minimum Gasteiger partial charge on any atom is -0.481 e. The van der Waals surface area contributed by atoms with Crippen LogP contribution in [0.15, 0.2) is 0 Å². The van der Waals surface area contributed by atoms with Crippen LogP contribution >= 0.6 is 0 Å². The molecule has 0 aliphatic rings. The molecule has 1 amide bonds. The van der Waals surface area contributed by atoms with E-state index in [9.17, 15) is 18.0 Å². The lowest BCUT2D eigenvalue weighted by Crippen LogP contribution is -2.36. The molecule has 0 aliphatic carbocycles. The molecule has 0 rings (SSSR count). The van der Waals surface area contributed by atoms with Crippen LogP contribution in [0.2, 0.25) is 0 Å². The summed E-state index contributed by atoms with van der Waals surface area (Å²) in [5.41, 5.74) is 0. The molecule has 0 saturated carbocycles. The number of carbonyl (C=O) groups excluding carboxylic acids is 1. The number of carboxylic acid groups (broad SMARTS) is 1. The SMILES string of the molecule is CC(C(=O)O)C(=O)NCCS(C)(=O)=O. The van der Waals surface area contributed by atoms with Crippen molar-refractivity contribution in [3.63, 3.8) is 0 Å². The molecular formula is C7H13NO5S. The average molecular weight is 223 g/mol. The topological polar surface area (TPSA) is 101 Å². The van der Waals surface area contributed by atoms with Crippen LogP contribution in [0, 0.1) is 5.92 Å². The zero-order valence-corrected chi connectivity index (χ0v) is 8.80. The Bertz CT molecular complexity index is 321. The molecule has 7 heteroatoms. The quantitative estimate of drug-likeness (QED) is 0.574. The van der Waals surface area contributed by atoms with E-state index in [1.165, 1.54) is 6.92 Å². The van der Waals surface area contributed by atoms with Gasteiger partial charge < -0.3 is 10.4 Å². The van der Waals surface area contributed by atoms with E-state index in [0.29, 0.717) is 0 Å². The van der Waals surface area contributed by atoms with Gasteiger partial charge in [-0.15, -0.1) is 0 Å². The first-order chi connectivity index (χ1) is 6.24. The maximum atomic E-state index is 11.0. The summed E-state index contributed by atoms with van der Waals surface area (Å²) in [6.45, 7) is 1.17. The Morgan fingerprint density at radius 1 is 1.43 bits per heavy atom. The van der Waals surface area contributed by atoms with Crippen molar-refractivity contribution < 1.29 is 23.1 Å². The fraction of sp³-hybridized carbons (Fsp3) is 0.714. The maximum Gasteiger partial charge on any atom is 0.315 e. The molecule has 1 atom stereocenters. The van der Waals surface area contributed by atoms with E-state index in [0.717, 1.165) is 6.26 Å². The number of aliphatic carboxylic acids is 1. The summed E-state index contributed by atoms with van der Waals surface area (Å²) in [4.78, 5) is 21.3. The van der Waals surface area contributed by atoms with Crippen LogP contribution < -0.4 is 5.32 Å². The number of amides is 1. The van der Waals surface area contributed by atoms with Crippen molar-refractivity contribution in [2.45, 2.75) is 6.92 Å². The van der Waals surface area contributed by atoms with Gasteiger partial charge >= 0.3 is 5.97 Å². The van der Waals surface area contributed by atoms with Gasteiger partial charge in [0.25, 0.3) is 0 Å². The van der Waals surface area contributed by atoms with Crippen LogP contribution in [-0.4, -0.2) is 44.0 Å². The van der Waals surface area contributed by atoms with Gasteiger partial charge in [-0.25, -0.2) is 8.42 Å². The van der Waals surface area contributed by atoms with Gasteiger partial charge in [-0.3, -0.25) is 9.59 Å². The molecule has 0 saturated heterocycles. The molecular weight excluding hydrogens is 210 g/mol. The van der Waals surface area contributed by atoms with Crippen molar-refractivity contribution in [3.05, 3.63) is 0 Å². The summed E-state index contributed by atoms with van der Waals surface area (Å²) in [5, 5.41) is 10.7. The number of carbonyl (C=O) groups is 2. The fourth-order valence-corrected chi connectivity index (χ4v) is 1.10. The second-order valence-electron chi connectivity index (χ2n) is 2.98. The highest BCUT2D eigenvalue weighted by Crippen LogP contribution is 1.93. The van der Waals surface area contributed by atoms with E-state index >= 15 is 0 Å². The number of rotatable bonds is 5. The van der Waals surface area contributed by atoms with Crippen molar-refractivity contribution in [1.29, 1.82) is 0 Å². The fourth-order valence-electron chi connectivity index (χ4n) is 0.625. The first-order valence-electron chi connectivity index (χ1n) is 3.92. The molecule has 14 heavy (non-hydrogen) atoms. The van der Waals surface area contributed by atoms with Crippen molar-refractivity contribution in [2.75, 3.05) is 18.6 Å². The predicted octanol–water partition coefficient (Wildman–Crippen LogP) is -1.13. The largest absolute Gasteiger partial charge is 0.481 e. The molecule has 82 valence electrons. The van der Waals surface area contributed by atoms with Crippen molar-refractivity contribution in [3.8, 4) is 0 Å². The highest BCUT2D eigenvalue weighted by Gasteiger charge is 2.19. The third-order valence-corrected chi connectivity index (χ3v) is 2.48. The van der Waals surface area contributed by atoms with E-state index in [1.54, 1.807) is 0 Å². The van der Waals surface area contributed by atoms with Gasteiger partial charge in [0.15, 0.2) is 0 Å². The summed E-state index contributed by atoms with van der Waals surface area (Å²) >= 11 is 0. The van der Waals surface area contributed by atoms with Crippen LogP contribution in [-0.2, 0) is 19.4 Å². The van der Waals surface area contributed by atoms with Crippen LogP contribution in [0.4, 0.5) is 0 Å². The predicted molar refractivity (Wildman–Crippen MR) is 49.5 cm³/mol. The number of carboxylic acids is 1. The highest BCUT2D eigenvalue weighted by atomic mass is 32.2. The Labute approximate surface area is 82.2 Å². The molecule has 0 aromatic rings. The maximum absolute atomic E-state index is 11.0. The van der Waals surface area contributed by atoms with Crippen LogP contribution in [0.1, 0.15) is 6.92 Å². The second-order valence-corrected chi connectivity index (χ2v) is 5.24. The molecule has 0 radical (unpaired) electrons. The smallest absolute Gasteiger partial charge is 0.315 e. The Balaban J connectivity index is 3.93. The minimum absolute atomic E-state index is 0.0602. The summed E-state index contributed by atoms with van der Waals surface area (Å²) in [6, 6.07) is 0. The lowest BCUT2D eigenvalue weighted by molar-refractivity contribution is -0.146. The number of hydrogen-bond acceptors (Lipinski definition) is 4. The van der Waals surface area contributed by atoms with E-state index in [4.69, 9.17) is 5.11 Å². The summed E-state index contributed by atoms with van der Waals surface area (Å²) in [7, 11) is -3.13. The summed E-state index contributed by atoms with van der Waals surface area (Å²) < 4.78 is 21.3. The molecule has 6 nitrogen and oxygen atoms in total. The van der Waals surface area contributed by atoms with Crippen molar-refractivity contribution >= 4 is 21.7 Å². The molecule has 0 aromatic carbocycles. The van der Waals surface area contributed by atoms with Crippen molar-refractivity contribution in [2.24, 2.45) is 5.92 Å².